The predicted octanol–water partition coefficient (Wildman–Crippen LogP) is 0.505. The largest absolute Gasteiger partial charge is 0.481 e. The van der Waals surface area contributed by atoms with Gasteiger partial charge in [0.2, 0.25) is 5.91 Å². The summed E-state index contributed by atoms with van der Waals surface area (Å²) in [5, 5.41) is 12.2. The summed E-state index contributed by atoms with van der Waals surface area (Å²) in [6.07, 6.45) is 2.52. The van der Waals surface area contributed by atoms with Gasteiger partial charge in [0, 0.05) is 26.2 Å². The summed E-state index contributed by atoms with van der Waals surface area (Å²) >= 11 is 0. The molecule has 118 valence electrons. The standard InChI is InChI=1S/C14H23N3O4/c1-2-14(12(19)20)5-3-7-17(10-14)13(21)16-8-4-6-15-11(18)9-16/h2-10H2,1H3,(H,15,18)(H,19,20). The highest BCUT2D eigenvalue weighted by Crippen LogP contribution is 2.34. The van der Waals surface area contributed by atoms with Crippen LogP contribution in [-0.4, -0.2) is 65.5 Å². The Bertz CT molecular complexity index is 440. The molecule has 2 fully saturated rings. The Labute approximate surface area is 124 Å². The normalized spacial score (nSPS) is 27.0. The van der Waals surface area contributed by atoms with E-state index in [0.717, 1.165) is 6.42 Å². The molecule has 2 heterocycles. The van der Waals surface area contributed by atoms with Gasteiger partial charge < -0.3 is 20.2 Å². The first kappa shape index (κ1) is 15.6. The van der Waals surface area contributed by atoms with Crippen molar-refractivity contribution in [2.45, 2.75) is 32.6 Å². The van der Waals surface area contributed by atoms with E-state index in [2.05, 4.69) is 5.32 Å². The van der Waals surface area contributed by atoms with Crippen LogP contribution in [0.15, 0.2) is 0 Å². The number of carboxylic acid groups (broad SMARTS) is 1. The van der Waals surface area contributed by atoms with Crippen LogP contribution in [0.2, 0.25) is 0 Å². The van der Waals surface area contributed by atoms with Gasteiger partial charge in [0.1, 0.15) is 6.54 Å². The molecule has 2 rings (SSSR count). The molecule has 21 heavy (non-hydrogen) atoms. The van der Waals surface area contributed by atoms with Crippen LogP contribution < -0.4 is 5.32 Å². The fraction of sp³-hybridized carbons (Fsp3) is 0.786. The van der Waals surface area contributed by atoms with Crippen molar-refractivity contribution in [2.75, 3.05) is 32.7 Å². The van der Waals surface area contributed by atoms with Crippen molar-refractivity contribution in [3.05, 3.63) is 0 Å². The van der Waals surface area contributed by atoms with E-state index in [9.17, 15) is 19.5 Å². The fourth-order valence-corrected chi connectivity index (χ4v) is 3.08. The van der Waals surface area contributed by atoms with Crippen LogP contribution in [0.25, 0.3) is 0 Å². The Balaban J connectivity index is 2.07. The monoisotopic (exact) mass is 297 g/mol. The highest BCUT2D eigenvalue weighted by Gasteiger charge is 2.43. The number of carboxylic acids is 1. The number of piperidine rings is 1. The molecule has 2 N–H and O–H groups in total. The molecule has 7 heteroatoms. The van der Waals surface area contributed by atoms with E-state index in [1.54, 1.807) is 4.90 Å². The van der Waals surface area contributed by atoms with E-state index in [-0.39, 0.29) is 25.0 Å². The summed E-state index contributed by atoms with van der Waals surface area (Å²) in [5.41, 5.74) is -0.845. The minimum Gasteiger partial charge on any atom is -0.481 e. The zero-order valence-electron chi connectivity index (χ0n) is 12.4. The summed E-state index contributed by atoms with van der Waals surface area (Å²) < 4.78 is 0. The Kier molecular flexibility index (Phi) is 4.69. The maximum Gasteiger partial charge on any atom is 0.320 e. The Hall–Kier alpha value is -1.79. The average Bonchev–Trinajstić information content (AvgIpc) is 2.70. The summed E-state index contributed by atoms with van der Waals surface area (Å²) in [4.78, 5) is 38.8. The summed E-state index contributed by atoms with van der Waals surface area (Å²) in [6.45, 7) is 3.81. The van der Waals surface area contributed by atoms with Gasteiger partial charge in [0.05, 0.1) is 5.41 Å². The molecule has 0 aromatic rings. The Morgan fingerprint density at radius 2 is 2.00 bits per heavy atom. The summed E-state index contributed by atoms with van der Waals surface area (Å²) in [6, 6.07) is -0.217. The number of likely N-dealkylation sites (tertiary alicyclic amines) is 1. The minimum atomic E-state index is -0.845. The molecule has 1 unspecified atom stereocenters. The summed E-state index contributed by atoms with van der Waals surface area (Å²) in [7, 11) is 0. The van der Waals surface area contributed by atoms with E-state index in [1.165, 1.54) is 4.90 Å². The minimum absolute atomic E-state index is 0.0571. The molecule has 1 atom stereocenters. The second-order valence-corrected chi connectivity index (χ2v) is 5.87. The van der Waals surface area contributed by atoms with E-state index < -0.39 is 11.4 Å². The number of carbonyl (C=O) groups excluding carboxylic acids is 2. The van der Waals surface area contributed by atoms with Crippen molar-refractivity contribution in [2.24, 2.45) is 5.41 Å². The van der Waals surface area contributed by atoms with Crippen molar-refractivity contribution in [3.63, 3.8) is 0 Å². The molecular weight excluding hydrogens is 274 g/mol. The third-order valence-corrected chi connectivity index (χ3v) is 4.51. The zero-order chi connectivity index (χ0) is 15.5. The first-order valence-electron chi connectivity index (χ1n) is 7.52. The third-order valence-electron chi connectivity index (χ3n) is 4.51. The maximum atomic E-state index is 12.6. The van der Waals surface area contributed by atoms with Gasteiger partial charge in [-0.2, -0.15) is 0 Å². The molecule has 0 radical (unpaired) electrons. The molecule has 3 amide bonds. The van der Waals surface area contributed by atoms with Crippen LogP contribution in [0.3, 0.4) is 0 Å². The molecule has 0 aromatic heterocycles. The van der Waals surface area contributed by atoms with Crippen LogP contribution in [0.5, 0.6) is 0 Å². The van der Waals surface area contributed by atoms with Gasteiger partial charge in [-0.3, -0.25) is 9.59 Å². The molecule has 0 spiro atoms. The number of amides is 3. The lowest BCUT2D eigenvalue weighted by atomic mass is 9.78. The molecule has 0 aliphatic carbocycles. The second kappa shape index (κ2) is 6.32. The molecule has 2 aliphatic heterocycles. The first-order chi connectivity index (χ1) is 9.98. The maximum absolute atomic E-state index is 12.6. The lowest BCUT2D eigenvalue weighted by molar-refractivity contribution is -0.152. The number of hydrogen-bond acceptors (Lipinski definition) is 3. The fourth-order valence-electron chi connectivity index (χ4n) is 3.08. The van der Waals surface area contributed by atoms with Crippen molar-refractivity contribution in [3.8, 4) is 0 Å². The van der Waals surface area contributed by atoms with Gasteiger partial charge in [0.25, 0.3) is 0 Å². The highest BCUT2D eigenvalue weighted by atomic mass is 16.4. The molecule has 2 aliphatic rings. The smallest absolute Gasteiger partial charge is 0.320 e. The van der Waals surface area contributed by atoms with Gasteiger partial charge in [-0.1, -0.05) is 6.92 Å². The summed E-state index contributed by atoms with van der Waals surface area (Å²) in [5.74, 6) is -0.992. The SMILES string of the molecule is CCC1(C(=O)O)CCCN(C(=O)N2CCCNC(=O)C2)C1. The molecule has 0 saturated carbocycles. The lowest BCUT2D eigenvalue weighted by Gasteiger charge is -2.41. The number of nitrogens with one attached hydrogen (secondary N) is 1. The van der Waals surface area contributed by atoms with Gasteiger partial charge in [-0.15, -0.1) is 0 Å². The number of nitrogens with zero attached hydrogens (tertiary/aromatic N) is 2. The number of aliphatic carboxylic acids is 1. The third kappa shape index (κ3) is 3.28. The molecule has 2 saturated heterocycles. The Morgan fingerprint density at radius 3 is 2.67 bits per heavy atom. The van der Waals surface area contributed by atoms with Crippen molar-refractivity contribution in [1.82, 2.24) is 15.1 Å². The van der Waals surface area contributed by atoms with Crippen molar-refractivity contribution >= 4 is 17.9 Å². The van der Waals surface area contributed by atoms with E-state index in [1.807, 2.05) is 6.92 Å². The number of urea groups is 1. The number of hydrogen-bond donors (Lipinski definition) is 2. The Morgan fingerprint density at radius 1 is 1.29 bits per heavy atom. The number of rotatable bonds is 2. The van der Waals surface area contributed by atoms with Crippen LogP contribution >= 0.6 is 0 Å². The zero-order valence-corrected chi connectivity index (χ0v) is 12.4. The van der Waals surface area contributed by atoms with Crippen LogP contribution in [0.1, 0.15) is 32.6 Å². The molecule has 7 nitrogen and oxygen atoms in total. The van der Waals surface area contributed by atoms with Crippen molar-refractivity contribution < 1.29 is 19.5 Å². The molecule has 0 aromatic carbocycles. The van der Waals surface area contributed by atoms with E-state index in [4.69, 9.17) is 0 Å². The second-order valence-electron chi connectivity index (χ2n) is 5.87. The lowest BCUT2D eigenvalue weighted by Crippen LogP contribution is -2.54. The molecular formula is C14H23N3O4. The topological polar surface area (TPSA) is 89.9 Å². The van der Waals surface area contributed by atoms with Crippen molar-refractivity contribution in [1.29, 1.82) is 0 Å². The first-order valence-corrected chi connectivity index (χ1v) is 7.52. The van der Waals surface area contributed by atoms with E-state index >= 15 is 0 Å². The van der Waals surface area contributed by atoms with Crippen LogP contribution in [-0.2, 0) is 9.59 Å². The molecule has 0 bridgehead atoms. The van der Waals surface area contributed by atoms with Gasteiger partial charge in [-0.25, -0.2) is 4.79 Å². The van der Waals surface area contributed by atoms with Gasteiger partial charge in [-0.05, 0) is 25.7 Å². The number of carbonyl (C=O) groups is 3. The van der Waals surface area contributed by atoms with Gasteiger partial charge >= 0.3 is 12.0 Å². The van der Waals surface area contributed by atoms with Crippen LogP contribution in [0, 0.1) is 5.41 Å². The average molecular weight is 297 g/mol. The highest BCUT2D eigenvalue weighted by molar-refractivity contribution is 5.85. The predicted molar refractivity (Wildman–Crippen MR) is 75.8 cm³/mol. The van der Waals surface area contributed by atoms with E-state index in [0.29, 0.717) is 38.9 Å². The van der Waals surface area contributed by atoms with Crippen LogP contribution in [0.4, 0.5) is 4.79 Å². The van der Waals surface area contributed by atoms with Gasteiger partial charge in [0.15, 0.2) is 0 Å². The quantitative estimate of drug-likeness (QED) is 0.777.